The maximum atomic E-state index is 5.47. The van der Waals surface area contributed by atoms with E-state index in [-0.39, 0.29) is 0 Å². The Kier molecular flexibility index (Phi) is 9.72. The highest BCUT2D eigenvalue weighted by Gasteiger charge is 2.52. The number of fused-ring (bicyclic) bond motifs is 12. The summed E-state index contributed by atoms with van der Waals surface area (Å²) in [6, 6.07) is 98.4. The summed E-state index contributed by atoms with van der Waals surface area (Å²) in [5, 5.41) is 2.45. The Morgan fingerprint density at radius 1 is 0.280 bits per heavy atom. The van der Waals surface area contributed by atoms with Crippen LogP contribution in [0.2, 0.25) is 0 Å². The molecule has 0 radical (unpaired) electrons. The Bertz CT molecular complexity index is 4290. The minimum atomic E-state index is -0.702. The lowest BCUT2D eigenvalue weighted by molar-refractivity contribution is 0.753. The molecule has 13 aromatic rings. The average molecular weight is 956 g/mol. The summed E-state index contributed by atoms with van der Waals surface area (Å²) in [4.78, 5) is 18.5. The van der Waals surface area contributed by atoms with Gasteiger partial charge in [-0.2, -0.15) is 0 Å². The van der Waals surface area contributed by atoms with Gasteiger partial charge in [0.25, 0.3) is 0 Å². The van der Waals surface area contributed by atoms with E-state index in [2.05, 4.69) is 258 Å². The second kappa shape index (κ2) is 17.1. The minimum Gasteiger partial charge on any atom is -0.310 e. The van der Waals surface area contributed by atoms with Crippen LogP contribution in [0.3, 0.4) is 0 Å². The van der Waals surface area contributed by atoms with Gasteiger partial charge in [0.15, 0.2) is 17.5 Å². The molecule has 350 valence electrons. The summed E-state index contributed by atoms with van der Waals surface area (Å²) in [5.41, 5.74) is 20.6. The lowest BCUT2D eigenvalue weighted by Gasteiger charge is -2.45. The van der Waals surface area contributed by atoms with E-state index in [1.807, 2.05) is 24.3 Å². The third-order valence-electron chi connectivity index (χ3n) is 15.5. The van der Waals surface area contributed by atoms with Gasteiger partial charge in [-0.3, -0.25) is 0 Å². The van der Waals surface area contributed by atoms with Gasteiger partial charge in [0.1, 0.15) is 0 Å². The number of hydrogen-bond acceptors (Lipinski definition) is 4. The van der Waals surface area contributed by atoms with E-state index < -0.39 is 5.41 Å². The second-order valence-corrected chi connectivity index (χ2v) is 19.5. The van der Waals surface area contributed by atoms with Gasteiger partial charge < -0.3 is 9.47 Å². The van der Waals surface area contributed by atoms with Crippen molar-refractivity contribution in [1.29, 1.82) is 0 Å². The van der Waals surface area contributed by atoms with Crippen LogP contribution in [0.15, 0.2) is 273 Å². The zero-order valence-corrected chi connectivity index (χ0v) is 40.7. The molecule has 0 N–H and O–H groups in total. The quantitative estimate of drug-likeness (QED) is 0.160. The first-order valence-corrected chi connectivity index (χ1v) is 25.6. The third kappa shape index (κ3) is 6.61. The Morgan fingerprint density at radius 3 is 1.45 bits per heavy atom. The van der Waals surface area contributed by atoms with Gasteiger partial charge in [-0.1, -0.05) is 218 Å². The maximum Gasteiger partial charge on any atom is 0.164 e. The SMILES string of the molecule is c1ccc(-c2ccc(-c3nc(-c4ccccc4)nc(-c4cccc5c4-c4cc(-c6ccc7c8ccccc8n(-c8ccccc8)c7c6)ccc4C54c5ccccc5N(c5ccccc5)c5ccccc54)n3)cc2)cc1. The second-order valence-electron chi connectivity index (χ2n) is 19.5. The highest BCUT2D eigenvalue weighted by atomic mass is 15.2. The zero-order chi connectivity index (χ0) is 49.5. The number of para-hydroxylation sites is 5. The van der Waals surface area contributed by atoms with Crippen LogP contribution in [0.5, 0.6) is 0 Å². The number of benzene rings is 11. The molecule has 5 heteroatoms. The van der Waals surface area contributed by atoms with Crippen molar-refractivity contribution in [2.75, 3.05) is 4.90 Å². The van der Waals surface area contributed by atoms with Gasteiger partial charge in [0.2, 0.25) is 0 Å². The van der Waals surface area contributed by atoms with Gasteiger partial charge >= 0.3 is 0 Å². The third-order valence-corrected chi connectivity index (χ3v) is 15.5. The molecule has 3 heterocycles. The average Bonchev–Trinajstić information content (AvgIpc) is 3.99. The van der Waals surface area contributed by atoms with Crippen molar-refractivity contribution >= 4 is 38.9 Å². The van der Waals surface area contributed by atoms with E-state index in [9.17, 15) is 0 Å². The maximum absolute atomic E-state index is 5.47. The fraction of sp³-hybridized carbons (Fsp3) is 0.0143. The van der Waals surface area contributed by atoms with Gasteiger partial charge in [0, 0.05) is 38.8 Å². The van der Waals surface area contributed by atoms with Crippen LogP contribution in [0.25, 0.3) is 95.0 Å². The first-order valence-electron chi connectivity index (χ1n) is 25.6. The summed E-state index contributed by atoms with van der Waals surface area (Å²) >= 11 is 0. The monoisotopic (exact) mass is 955 g/mol. The van der Waals surface area contributed by atoms with E-state index >= 15 is 0 Å². The first-order chi connectivity index (χ1) is 37.2. The summed E-state index contributed by atoms with van der Waals surface area (Å²) in [6.45, 7) is 0. The highest BCUT2D eigenvalue weighted by molar-refractivity contribution is 6.10. The molecule has 2 aliphatic rings. The molecule has 15 rings (SSSR count). The van der Waals surface area contributed by atoms with Gasteiger partial charge in [-0.05, 0) is 110 Å². The van der Waals surface area contributed by atoms with Crippen LogP contribution in [0.4, 0.5) is 17.1 Å². The lowest BCUT2D eigenvalue weighted by Crippen LogP contribution is -2.36. The molecule has 11 aromatic carbocycles. The molecule has 0 fully saturated rings. The van der Waals surface area contributed by atoms with Crippen LogP contribution >= 0.6 is 0 Å². The number of aromatic nitrogens is 4. The highest BCUT2D eigenvalue weighted by Crippen LogP contribution is 2.65. The Hall–Kier alpha value is -9.97. The van der Waals surface area contributed by atoms with E-state index in [4.69, 9.17) is 15.0 Å². The van der Waals surface area contributed by atoms with Crippen molar-refractivity contribution in [3.05, 3.63) is 295 Å². The normalized spacial score (nSPS) is 12.9. The topological polar surface area (TPSA) is 46.8 Å². The number of rotatable bonds is 7. The van der Waals surface area contributed by atoms with E-state index in [0.717, 1.165) is 78.3 Å². The van der Waals surface area contributed by atoms with Gasteiger partial charge in [0.05, 0.1) is 27.8 Å². The van der Waals surface area contributed by atoms with Crippen LogP contribution in [0.1, 0.15) is 22.3 Å². The molecule has 0 atom stereocenters. The number of anilines is 3. The van der Waals surface area contributed by atoms with Crippen LogP contribution in [0, 0.1) is 0 Å². The summed E-state index contributed by atoms with van der Waals surface area (Å²) in [5.74, 6) is 1.86. The Labute approximate surface area is 435 Å². The molecular formula is C70H45N5. The van der Waals surface area contributed by atoms with Crippen LogP contribution < -0.4 is 4.90 Å². The molecule has 0 bridgehead atoms. The predicted molar refractivity (Wildman–Crippen MR) is 307 cm³/mol. The fourth-order valence-corrected chi connectivity index (χ4v) is 12.2. The van der Waals surface area contributed by atoms with E-state index in [1.165, 1.54) is 38.5 Å². The van der Waals surface area contributed by atoms with Crippen molar-refractivity contribution in [2.24, 2.45) is 0 Å². The molecule has 1 spiro atoms. The molecule has 75 heavy (non-hydrogen) atoms. The fourth-order valence-electron chi connectivity index (χ4n) is 12.2. The number of hydrogen-bond donors (Lipinski definition) is 0. The largest absolute Gasteiger partial charge is 0.310 e. The van der Waals surface area contributed by atoms with E-state index in [0.29, 0.717) is 17.5 Å². The summed E-state index contributed by atoms with van der Waals surface area (Å²) in [6.07, 6.45) is 0. The zero-order valence-electron chi connectivity index (χ0n) is 40.7. The number of nitrogens with zero attached hydrogens (tertiary/aromatic N) is 5. The Morgan fingerprint density at radius 2 is 0.760 bits per heavy atom. The van der Waals surface area contributed by atoms with Crippen molar-refractivity contribution < 1.29 is 0 Å². The lowest BCUT2D eigenvalue weighted by atomic mass is 9.64. The van der Waals surface area contributed by atoms with Crippen LogP contribution in [-0.4, -0.2) is 19.5 Å². The van der Waals surface area contributed by atoms with Crippen molar-refractivity contribution in [3.8, 4) is 73.2 Å². The minimum absolute atomic E-state index is 0.617. The molecule has 1 aliphatic heterocycles. The molecule has 0 amide bonds. The van der Waals surface area contributed by atoms with Crippen molar-refractivity contribution in [3.63, 3.8) is 0 Å². The molecular weight excluding hydrogens is 911 g/mol. The predicted octanol–water partition coefficient (Wildman–Crippen LogP) is 17.4. The molecule has 1 aliphatic carbocycles. The molecule has 2 aromatic heterocycles. The summed E-state index contributed by atoms with van der Waals surface area (Å²) < 4.78 is 2.40. The first kappa shape index (κ1) is 42.7. The Balaban J connectivity index is 0.997. The standard InChI is InChI=1S/C70H45N5/c1-5-20-46(21-6-1)47-36-38-49(39-37-47)68-71-67(48-22-7-2-8-23-48)72-69(73-68)56-29-19-32-61-66(56)57-44-50(51-40-42-55-54-28-13-16-33-62(54)74(65(55)45-51)52-24-9-3-10-25-52)41-43-58(57)70(61)59-30-14-17-34-63(59)75(53-26-11-4-12-27-53)64-35-18-15-31-60(64)70/h1-45H. The van der Waals surface area contributed by atoms with Crippen molar-refractivity contribution in [1.82, 2.24) is 19.5 Å². The van der Waals surface area contributed by atoms with Gasteiger partial charge in [-0.15, -0.1) is 0 Å². The van der Waals surface area contributed by atoms with Crippen LogP contribution in [-0.2, 0) is 5.41 Å². The smallest absolute Gasteiger partial charge is 0.164 e. The van der Waals surface area contributed by atoms with Gasteiger partial charge in [-0.25, -0.2) is 15.0 Å². The summed E-state index contributed by atoms with van der Waals surface area (Å²) in [7, 11) is 0. The van der Waals surface area contributed by atoms with Crippen molar-refractivity contribution in [2.45, 2.75) is 5.41 Å². The van der Waals surface area contributed by atoms with E-state index in [1.54, 1.807) is 0 Å². The molecule has 0 saturated carbocycles. The molecule has 0 saturated heterocycles. The molecule has 5 nitrogen and oxygen atoms in total. The molecule has 0 unspecified atom stereocenters.